The zero-order valence-corrected chi connectivity index (χ0v) is 13.6. The number of nitrogens with one attached hydrogen (secondary N) is 1. The molecule has 1 rings (SSSR count). The first kappa shape index (κ1) is 16.5. The Morgan fingerprint density at radius 2 is 2.00 bits per heavy atom. The molecule has 1 aromatic rings. The minimum Gasteiger partial charge on any atom is -0.490 e. The summed E-state index contributed by atoms with van der Waals surface area (Å²) in [6.07, 6.45) is 2.37. The molecule has 0 atom stereocenters. The molecule has 0 radical (unpaired) electrons. The fourth-order valence-corrected chi connectivity index (χ4v) is 2.19. The number of methoxy groups -OCH3 is 1. The van der Waals surface area contributed by atoms with E-state index in [-0.39, 0.29) is 0 Å². The summed E-state index contributed by atoms with van der Waals surface area (Å²) >= 11 is 3.57. The third-order valence-electron chi connectivity index (χ3n) is 3.03. The molecule has 4 heteroatoms. The summed E-state index contributed by atoms with van der Waals surface area (Å²) in [5.41, 5.74) is 1.21. The van der Waals surface area contributed by atoms with E-state index in [0.29, 0.717) is 6.10 Å². The molecule has 1 N–H and O–H groups in total. The van der Waals surface area contributed by atoms with Crippen molar-refractivity contribution in [1.29, 1.82) is 0 Å². The third kappa shape index (κ3) is 5.93. The molecule has 0 spiro atoms. The van der Waals surface area contributed by atoms with Gasteiger partial charge in [-0.3, -0.25) is 0 Å². The number of halogens is 1. The molecule has 0 aromatic heterocycles. The molecule has 0 bridgehead atoms. The summed E-state index contributed by atoms with van der Waals surface area (Å²) in [4.78, 5) is 0. The highest BCUT2D eigenvalue weighted by Crippen LogP contribution is 2.24. The van der Waals surface area contributed by atoms with Crippen molar-refractivity contribution in [2.75, 3.05) is 20.3 Å². The second-order valence-corrected chi connectivity index (χ2v) is 5.33. The van der Waals surface area contributed by atoms with Crippen LogP contribution in [0, 0.1) is 0 Å². The van der Waals surface area contributed by atoms with Crippen LogP contribution in [-0.4, -0.2) is 26.4 Å². The Kier molecular flexibility index (Phi) is 8.10. The highest BCUT2D eigenvalue weighted by molar-refractivity contribution is 9.10. The maximum Gasteiger partial charge on any atom is 0.120 e. The van der Waals surface area contributed by atoms with Crippen molar-refractivity contribution in [2.24, 2.45) is 0 Å². The van der Waals surface area contributed by atoms with E-state index >= 15 is 0 Å². The molecule has 0 saturated heterocycles. The summed E-state index contributed by atoms with van der Waals surface area (Å²) in [5.74, 6) is 0.945. The topological polar surface area (TPSA) is 30.5 Å². The first-order chi connectivity index (χ1) is 9.21. The quantitative estimate of drug-likeness (QED) is 0.700. The Labute approximate surface area is 124 Å². The Balaban J connectivity index is 2.60. The zero-order chi connectivity index (χ0) is 14.1. The van der Waals surface area contributed by atoms with Gasteiger partial charge >= 0.3 is 0 Å². The lowest BCUT2D eigenvalue weighted by Gasteiger charge is -2.17. The van der Waals surface area contributed by atoms with Crippen LogP contribution in [0.25, 0.3) is 0 Å². The summed E-state index contributed by atoms with van der Waals surface area (Å²) in [7, 11) is 1.71. The molecule has 19 heavy (non-hydrogen) atoms. The number of ether oxygens (including phenoxy) is 2. The number of rotatable bonds is 9. The normalized spacial score (nSPS) is 11.0. The van der Waals surface area contributed by atoms with Crippen LogP contribution in [0.5, 0.6) is 5.75 Å². The molecule has 0 saturated carbocycles. The van der Waals surface area contributed by atoms with Crippen LogP contribution < -0.4 is 10.1 Å². The Bertz CT molecular complexity index is 367. The van der Waals surface area contributed by atoms with E-state index in [1.165, 1.54) is 5.56 Å². The van der Waals surface area contributed by atoms with E-state index in [0.717, 1.165) is 42.8 Å². The molecule has 108 valence electrons. The molecule has 0 aliphatic rings. The molecule has 0 heterocycles. The average Bonchev–Trinajstić information content (AvgIpc) is 2.43. The molecular weight excluding hydrogens is 306 g/mol. The van der Waals surface area contributed by atoms with Gasteiger partial charge in [0.2, 0.25) is 0 Å². The van der Waals surface area contributed by atoms with Gasteiger partial charge in [-0.15, -0.1) is 0 Å². The second kappa shape index (κ2) is 9.34. The molecule has 0 amide bonds. The Hall–Kier alpha value is -0.580. The van der Waals surface area contributed by atoms with Gasteiger partial charge in [0, 0.05) is 24.7 Å². The zero-order valence-electron chi connectivity index (χ0n) is 12.0. The van der Waals surface area contributed by atoms with Crippen molar-refractivity contribution in [2.45, 2.75) is 39.3 Å². The number of benzene rings is 1. The highest BCUT2D eigenvalue weighted by Gasteiger charge is 2.07. The lowest BCUT2D eigenvalue weighted by molar-refractivity contribution is 0.192. The van der Waals surface area contributed by atoms with Crippen molar-refractivity contribution in [3.05, 3.63) is 28.2 Å². The summed E-state index contributed by atoms with van der Waals surface area (Å²) in [5, 5.41) is 3.34. The predicted octanol–water partition coefficient (Wildman–Crippen LogP) is 3.75. The summed E-state index contributed by atoms with van der Waals surface area (Å²) < 4.78 is 12.1. The van der Waals surface area contributed by atoms with E-state index in [2.05, 4.69) is 41.2 Å². The van der Waals surface area contributed by atoms with E-state index in [1.54, 1.807) is 7.11 Å². The van der Waals surface area contributed by atoms with E-state index in [1.807, 2.05) is 12.1 Å². The average molecular weight is 330 g/mol. The van der Waals surface area contributed by atoms with E-state index in [4.69, 9.17) is 9.47 Å². The summed E-state index contributed by atoms with van der Waals surface area (Å²) in [6.45, 7) is 6.69. The Morgan fingerprint density at radius 3 is 2.63 bits per heavy atom. The molecule has 3 nitrogen and oxygen atoms in total. The van der Waals surface area contributed by atoms with Crippen molar-refractivity contribution in [3.8, 4) is 5.75 Å². The largest absolute Gasteiger partial charge is 0.490 e. The number of hydrogen-bond acceptors (Lipinski definition) is 3. The minimum atomic E-state index is 0.301. The van der Waals surface area contributed by atoms with Crippen molar-refractivity contribution in [1.82, 2.24) is 5.32 Å². The van der Waals surface area contributed by atoms with Crippen molar-refractivity contribution in [3.63, 3.8) is 0 Å². The molecule has 0 unspecified atom stereocenters. The molecule has 1 aromatic carbocycles. The standard InChI is InChI=1S/C15H24BrNO2/c1-4-13(5-2)19-14-6-7-15(16)12(10-14)11-17-8-9-18-3/h6-7,10,13,17H,4-5,8-9,11H2,1-3H3. The fourth-order valence-electron chi connectivity index (χ4n) is 1.80. The fraction of sp³-hybridized carbons (Fsp3) is 0.600. The number of hydrogen-bond donors (Lipinski definition) is 1. The van der Waals surface area contributed by atoms with Crippen LogP contribution in [-0.2, 0) is 11.3 Å². The monoisotopic (exact) mass is 329 g/mol. The van der Waals surface area contributed by atoms with Gasteiger partial charge in [-0.05, 0) is 36.6 Å². The second-order valence-electron chi connectivity index (χ2n) is 4.48. The van der Waals surface area contributed by atoms with Crippen LogP contribution in [0.4, 0.5) is 0 Å². The van der Waals surface area contributed by atoms with E-state index in [9.17, 15) is 0 Å². The maximum atomic E-state index is 5.96. The lowest BCUT2D eigenvalue weighted by Crippen LogP contribution is -2.19. The Morgan fingerprint density at radius 1 is 1.26 bits per heavy atom. The lowest BCUT2D eigenvalue weighted by atomic mass is 10.2. The van der Waals surface area contributed by atoms with Crippen LogP contribution >= 0.6 is 15.9 Å². The molecule has 0 aliphatic carbocycles. The predicted molar refractivity (Wildman–Crippen MR) is 82.7 cm³/mol. The van der Waals surface area contributed by atoms with Gasteiger partial charge in [0.1, 0.15) is 5.75 Å². The SMILES string of the molecule is CCC(CC)Oc1ccc(Br)c(CNCCOC)c1. The maximum absolute atomic E-state index is 5.96. The van der Waals surface area contributed by atoms with Crippen LogP contribution in [0.3, 0.4) is 0 Å². The first-order valence-corrected chi connectivity index (χ1v) is 7.65. The van der Waals surface area contributed by atoms with Gasteiger partial charge in [0.25, 0.3) is 0 Å². The first-order valence-electron chi connectivity index (χ1n) is 6.86. The highest BCUT2D eigenvalue weighted by atomic mass is 79.9. The van der Waals surface area contributed by atoms with Crippen molar-refractivity contribution < 1.29 is 9.47 Å². The van der Waals surface area contributed by atoms with Crippen LogP contribution in [0.15, 0.2) is 22.7 Å². The van der Waals surface area contributed by atoms with Gasteiger partial charge in [-0.25, -0.2) is 0 Å². The van der Waals surface area contributed by atoms with E-state index < -0.39 is 0 Å². The summed E-state index contributed by atoms with van der Waals surface area (Å²) in [6, 6.07) is 6.16. The van der Waals surface area contributed by atoms with Crippen LogP contribution in [0.2, 0.25) is 0 Å². The molecule has 0 fully saturated rings. The van der Waals surface area contributed by atoms with Gasteiger partial charge < -0.3 is 14.8 Å². The molecular formula is C15H24BrNO2. The van der Waals surface area contributed by atoms with Gasteiger partial charge in [-0.2, -0.15) is 0 Å². The minimum absolute atomic E-state index is 0.301. The van der Waals surface area contributed by atoms with Gasteiger partial charge in [-0.1, -0.05) is 29.8 Å². The van der Waals surface area contributed by atoms with Crippen molar-refractivity contribution >= 4 is 15.9 Å². The van der Waals surface area contributed by atoms with Gasteiger partial charge in [0.15, 0.2) is 0 Å². The smallest absolute Gasteiger partial charge is 0.120 e. The third-order valence-corrected chi connectivity index (χ3v) is 3.80. The van der Waals surface area contributed by atoms with Gasteiger partial charge in [0.05, 0.1) is 12.7 Å². The molecule has 0 aliphatic heterocycles. The van der Waals surface area contributed by atoms with Crippen LogP contribution in [0.1, 0.15) is 32.3 Å².